The molecule has 0 saturated heterocycles. The summed E-state index contributed by atoms with van der Waals surface area (Å²) >= 11 is 0. The van der Waals surface area contributed by atoms with Crippen LogP contribution in [-0.4, -0.2) is 42.6 Å². The fraction of sp³-hybridized carbons (Fsp3) is 0.700. The Morgan fingerprint density at radius 3 is 2.88 bits per heavy atom. The van der Waals surface area contributed by atoms with E-state index in [-0.39, 0.29) is 5.03 Å². The van der Waals surface area contributed by atoms with Crippen LogP contribution in [0.15, 0.2) is 11.2 Å². The minimum absolute atomic E-state index is 0.204. The van der Waals surface area contributed by atoms with Crippen LogP contribution in [0.1, 0.15) is 25.3 Å². The van der Waals surface area contributed by atoms with Crippen molar-refractivity contribution >= 4 is 10.0 Å². The molecule has 6 nitrogen and oxygen atoms in total. The lowest BCUT2D eigenvalue weighted by Gasteiger charge is -2.14. The van der Waals surface area contributed by atoms with E-state index in [0.29, 0.717) is 24.7 Å². The van der Waals surface area contributed by atoms with Gasteiger partial charge in [0.2, 0.25) is 0 Å². The average molecular weight is 258 g/mol. The van der Waals surface area contributed by atoms with E-state index in [1.807, 2.05) is 0 Å². The van der Waals surface area contributed by atoms with E-state index < -0.39 is 10.0 Å². The first-order valence-corrected chi connectivity index (χ1v) is 7.21. The summed E-state index contributed by atoms with van der Waals surface area (Å²) < 4.78 is 25.6. The van der Waals surface area contributed by atoms with Crippen molar-refractivity contribution in [3.63, 3.8) is 0 Å². The molecule has 2 N–H and O–H groups in total. The van der Waals surface area contributed by atoms with E-state index in [0.717, 1.165) is 0 Å². The molecular formula is C10H18N4O2S. The summed E-state index contributed by atoms with van der Waals surface area (Å²) in [7, 11) is -1.86. The maximum absolute atomic E-state index is 12.1. The van der Waals surface area contributed by atoms with Crippen LogP contribution in [0.3, 0.4) is 0 Å². The highest BCUT2D eigenvalue weighted by Crippen LogP contribution is 2.21. The number of nitrogens with one attached hydrogen (secondary N) is 2. The second kappa shape index (κ2) is 4.75. The number of sulfonamides is 1. The smallest absolute Gasteiger partial charge is 0.260 e. The lowest BCUT2D eigenvalue weighted by molar-refractivity contribution is 0.481. The van der Waals surface area contributed by atoms with Crippen LogP contribution in [0.4, 0.5) is 0 Å². The van der Waals surface area contributed by atoms with E-state index >= 15 is 0 Å². The lowest BCUT2D eigenvalue weighted by Crippen LogP contribution is -2.28. The molecule has 1 aliphatic rings. The van der Waals surface area contributed by atoms with E-state index in [2.05, 4.69) is 15.5 Å². The van der Waals surface area contributed by atoms with Crippen molar-refractivity contribution in [3.8, 4) is 0 Å². The predicted octanol–water partition coefficient (Wildman–Crippen LogP) is 0.302. The average Bonchev–Trinajstić information content (AvgIpc) is 3.01. The summed E-state index contributed by atoms with van der Waals surface area (Å²) in [6, 6.07) is 0.546. The Morgan fingerprint density at radius 1 is 1.59 bits per heavy atom. The maximum Gasteiger partial charge on any atom is 0.260 e. The Bertz CT molecular complexity index is 478. The third kappa shape index (κ3) is 2.67. The molecule has 1 aromatic rings. The molecule has 1 aliphatic carbocycles. The zero-order valence-electron chi connectivity index (χ0n) is 10.1. The van der Waals surface area contributed by atoms with Gasteiger partial charge in [-0.2, -0.15) is 9.40 Å². The first kappa shape index (κ1) is 12.5. The summed E-state index contributed by atoms with van der Waals surface area (Å²) in [6.45, 7) is 2.79. The van der Waals surface area contributed by atoms with Crippen LogP contribution in [0.25, 0.3) is 0 Å². The number of H-pyrrole nitrogens is 1. The minimum Gasteiger partial charge on any atom is -0.310 e. The lowest BCUT2D eigenvalue weighted by atomic mass is 10.3. The van der Waals surface area contributed by atoms with Crippen molar-refractivity contribution in [1.29, 1.82) is 0 Å². The van der Waals surface area contributed by atoms with Gasteiger partial charge in [-0.05, 0) is 12.8 Å². The summed E-state index contributed by atoms with van der Waals surface area (Å²) in [6.07, 6.45) is 3.93. The van der Waals surface area contributed by atoms with Gasteiger partial charge in [0.25, 0.3) is 10.0 Å². The molecule has 17 heavy (non-hydrogen) atoms. The van der Waals surface area contributed by atoms with Crippen LogP contribution in [0.2, 0.25) is 0 Å². The number of rotatable bonds is 6. The minimum atomic E-state index is -3.43. The van der Waals surface area contributed by atoms with Crippen molar-refractivity contribution in [3.05, 3.63) is 11.8 Å². The highest BCUT2D eigenvalue weighted by atomic mass is 32.2. The second-order valence-corrected chi connectivity index (χ2v) is 6.28. The normalized spacial score (nSPS) is 16.6. The molecule has 0 spiro atoms. The van der Waals surface area contributed by atoms with E-state index in [1.165, 1.54) is 17.1 Å². The van der Waals surface area contributed by atoms with Crippen molar-refractivity contribution < 1.29 is 8.42 Å². The Balaban J connectivity index is 2.16. The zero-order chi connectivity index (χ0) is 12.5. The quantitative estimate of drug-likeness (QED) is 0.769. The van der Waals surface area contributed by atoms with Gasteiger partial charge in [0.15, 0.2) is 5.03 Å². The monoisotopic (exact) mass is 258 g/mol. The fourth-order valence-corrected chi connectivity index (χ4v) is 2.79. The van der Waals surface area contributed by atoms with Gasteiger partial charge >= 0.3 is 0 Å². The van der Waals surface area contributed by atoms with Crippen LogP contribution in [0.5, 0.6) is 0 Å². The third-order valence-electron chi connectivity index (χ3n) is 2.95. The predicted molar refractivity (Wildman–Crippen MR) is 63.9 cm³/mol. The van der Waals surface area contributed by atoms with Gasteiger partial charge in [-0.15, -0.1) is 0 Å². The molecule has 0 atom stereocenters. The standard InChI is InChI=1S/C10H18N4O2S/c1-3-14(2)17(15,16)10-8(7-12-13-10)6-11-9-4-5-9/h7,9,11H,3-6H2,1-2H3,(H,12,13). The van der Waals surface area contributed by atoms with Crippen LogP contribution in [0, 0.1) is 0 Å². The van der Waals surface area contributed by atoms with Gasteiger partial charge < -0.3 is 5.32 Å². The van der Waals surface area contributed by atoms with Crippen molar-refractivity contribution in [2.75, 3.05) is 13.6 Å². The van der Waals surface area contributed by atoms with Gasteiger partial charge in [-0.3, -0.25) is 5.10 Å². The Hall–Kier alpha value is -0.920. The Kier molecular flexibility index (Phi) is 3.50. The topological polar surface area (TPSA) is 78.1 Å². The van der Waals surface area contributed by atoms with Gasteiger partial charge in [-0.1, -0.05) is 6.92 Å². The van der Waals surface area contributed by atoms with Crippen LogP contribution >= 0.6 is 0 Å². The third-order valence-corrected chi connectivity index (χ3v) is 4.90. The maximum atomic E-state index is 12.1. The van der Waals surface area contributed by atoms with Gasteiger partial charge in [0.05, 0.1) is 6.20 Å². The summed E-state index contributed by atoms with van der Waals surface area (Å²) in [5.41, 5.74) is 0.706. The van der Waals surface area contributed by atoms with E-state index in [4.69, 9.17) is 0 Å². The summed E-state index contributed by atoms with van der Waals surface area (Å²) in [4.78, 5) is 0. The number of hydrogen-bond donors (Lipinski definition) is 2. The number of aromatic amines is 1. The highest BCUT2D eigenvalue weighted by Gasteiger charge is 2.26. The number of nitrogens with zero attached hydrogens (tertiary/aromatic N) is 2. The molecule has 0 radical (unpaired) electrons. The van der Waals surface area contributed by atoms with Gasteiger partial charge in [0, 0.05) is 31.7 Å². The molecule has 1 fully saturated rings. The number of aromatic nitrogens is 2. The summed E-state index contributed by atoms with van der Waals surface area (Å²) in [5.74, 6) is 0. The van der Waals surface area contributed by atoms with Crippen LogP contribution < -0.4 is 5.32 Å². The Morgan fingerprint density at radius 2 is 2.29 bits per heavy atom. The highest BCUT2D eigenvalue weighted by molar-refractivity contribution is 7.89. The number of hydrogen-bond acceptors (Lipinski definition) is 4. The van der Waals surface area contributed by atoms with Crippen molar-refractivity contribution in [2.45, 2.75) is 37.4 Å². The molecule has 1 aromatic heterocycles. The zero-order valence-corrected chi connectivity index (χ0v) is 10.9. The second-order valence-electron chi connectivity index (χ2n) is 4.30. The Labute approximate surface area is 101 Å². The van der Waals surface area contributed by atoms with E-state index in [1.54, 1.807) is 20.2 Å². The van der Waals surface area contributed by atoms with E-state index in [9.17, 15) is 8.42 Å². The first-order valence-electron chi connectivity index (χ1n) is 5.77. The molecular weight excluding hydrogens is 240 g/mol. The largest absolute Gasteiger partial charge is 0.310 e. The molecule has 0 bridgehead atoms. The molecule has 0 aromatic carbocycles. The van der Waals surface area contributed by atoms with Crippen LogP contribution in [-0.2, 0) is 16.6 Å². The molecule has 7 heteroatoms. The molecule has 0 aliphatic heterocycles. The first-order chi connectivity index (χ1) is 8.05. The van der Waals surface area contributed by atoms with Crippen molar-refractivity contribution in [2.24, 2.45) is 0 Å². The molecule has 0 amide bonds. The molecule has 0 unspecified atom stereocenters. The molecule has 1 heterocycles. The molecule has 2 rings (SSSR count). The SMILES string of the molecule is CCN(C)S(=O)(=O)c1[nH]ncc1CNC1CC1. The molecule has 1 saturated carbocycles. The van der Waals surface area contributed by atoms with Gasteiger partial charge in [-0.25, -0.2) is 8.42 Å². The fourth-order valence-electron chi connectivity index (χ4n) is 1.52. The van der Waals surface area contributed by atoms with Gasteiger partial charge in [0.1, 0.15) is 0 Å². The summed E-state index contributed by atoms with van der Waals surface area (Å²) in [5, 5.41) is 9.91. The molecule has 96 valence electrons. The van der Waals surface area contributed by atoms with Crippen molar-refractivity contribution in [1.82, 2.24) is 19.8 Å².